The number of hydrogen-bond acceptors (Lipinski definition) is 3. The maximum Gasteiger partial charge on any atom is 0.265 e. The van der Waals surface area contributed by atoms with Gasteiger partial charge in [-0.3, -0.25) is 9.59 Å². The number of benzene rings is 2. The Morgan fingerprint density at radius 3 is 2.55 bits per heavy atom. The number of ether oxygens (including phenoxy) is 1. The lowest BCUT2D eigenvalue weighted by Crippen LogP contribution is -2.30. The molecule has 2 aromatic rings. The minimum atomic E-state index is -0.772. The predicted molar refractivity (Wildman–Crippen MR) is 82.0 cm³/mol. The zero-order valence-electron chi connectivity index (χ0n) is 11.7. The molecule has 0 heterocycles. The smallest absolute Gasteiger partial charge is 0.265 e. The lowest BCUT2D eigenvalue weighted by molar-refractivity contribution is -0.122. The number of carbonyl (C=O) groups is 2. The van der Waals surface area contributed by atoms with E-state index in [1.165, 1.54) is 18.2 Å². The molecule has 0 aliphatic rings. The van der Waals surface area contributed by atoms with Crippen molar-refractivity contribution in [1.29, 1.82) is 0 Å². The zero-order valence-corrected chi connectivity index (χ0v) is 12.4. The summed E-state index contributed by atoms with van der Waals surface area (Å²) in [6.45, 7) is 1.58. The molecule has 0 radical (unpaired) electrons. The molecule has 0 aliphatic heterocycles. The van der Waals surface area contributed by atoms with E-state index in [-0.39, 0.29) is 5.02 Å². The van der Waals surface area contributed by atoms with Crippen LogP contribution in [0.1, 0.15) is 17.3 Å². The van der Waals surface area contributed by atoms with Crippen LogP contribution in [0.4, 0.5) is 10.1 Å². The molecule has 2 aromatic carbocycles. The zero-order chi connectivity index (χ0) is 16.1. The second kappa shape index (κ2) is 7.04. The number of aldehydes is 1. The van der Waals surface area contributed by atoms with Crippen molar-refractivity contribution in [1.82, 2.24) is 0 Å². The summed E-state index contributed by atoms with van der Waals surface area (Å²) in [5, 5.41) is 2.51. The van der Waals surface area contributed by atoms with Crippen molar-refractivity contribution in [3.8, 4) is 5.75 Å². The fourth-order valence-corrected chi connectivity index (χ4v) is 1.88. The van der Waals surface area contributed by atoms with Crippen LogP contribution in [0, 0.1) is 5.82 Å². The lowest BCUT2D eigenvalue weighted by atomic mass is 10.2. The van der Waals surface area contributed by atoms with Gasteiger partial charge in [0.2, 0.25) is 0 Å². The Labute approximate surface area is 131 Å². The summed E-state index contributed by atoms with van der Waals surface area (Å²) in [7, 11) is 0. The van der Waals surface area contributed by atoms with Crippen LogP contribution < -0.4 is 10.1 Å². The normalized spacial score (nSPS) is 11.6. The number of anilines is 1. The van der Waals surface area contributed by atoms with E-state index in [2.05, 4.69) is 5.32 Å². The average Bonchev–Trinajstić information content (AvgIpc) is 2.51. The third kappa shape index (κ3) is 4.05. The molecule has 0 saturated carbocycles. The first-order valence-electron chi connectivity index (χ1n) is 6.47. The minimum Gasteiger partial charge on any atom is -0.481 e. The van der Waals surface area contributed by atoms with Crippen LogP contribution in [0.2, 0.25) is 5.02 Å². The Morgan fingerprint density at radius 1 is 1.27 bits per heavy atom. The molecule has 0 fully saturated rings. The number of amides is 1. The SMILES string of the molecule is CC(Oc1ccc(C=O)cc1)C(=O)Nc1ccc(F)c(Cl)c1. The molecule has 6 heteroatoms. The summed E-state index contributed by atoms with van der Waals surface area (Å²) in [6.07, 6.45) is -0.0519. The van der Waals surface area contributed by atoms with Gasteiger partial charge in [0.05, 0.1) is 5.02 Å². The number of carbonyl (C=O) groups excluding carboxylic acids is 2. The number of hydrogen-bond donors (Lipinski definition) is 1. The van der Waals surface area contributed by atoms with Crippen LogP contribution in [0.25, 0.3) is 0 Å². The van der Waals surface area contributed by atoms with Crippen molar-refractivity contribution in [3.63, 3.8) is 0 Å². The van der Waals surface area contributed by atoms with Crippen LogP contribution in [-0.4, -0.2) is 18.3 Å². The molecule has 22 heavy (non-hydrogen) atoms. The van der Waals surface area contributed by atoms with Crippen LogP contribution in [0.15, 0.2) is 42.5 Å². The van der Waals surface area contributed by atoms with E-state index in [1.54, 1.807) is 31.2 Å². The second-order valence-electron chi connectivity index (χ2n) is 4.57. The minimum absolute atomic E-state index is 0.0733. The molecule has 4 nitrogen and oxygen atoms in total. The Hall–Kier alpha value is -2.40. The highest BCUT2D eigenvalue weighted by Crippen LogP contribution is 2.20. The van der Waals surface area contributed by atoms with E-state index < -0.39 is 17.8 Å². The van der Waals surface area contributed by atoms with E-state index in [0.717, 1.165) is 6.29 Å². The maximum absolute atomic E-state index is 13.0. The summed E-state index contributed by atoms with van der Waals surface area (Å²) >= 11 is 5.65. The molecule has 1 amide bonds. The molecule has 0 bridgehead atoms. The fraction of sp³-hybridized carbons (Fsp3) is 0.125. The number of halogens is 2. The molecule has 1 atom stereocenters. The standard InChI is InChI=1S/C16H13ClFNO3/c1-10(22-13-5-2-11(9-20)3-6-13)16(21)19-12-4-7-15(18)14(17)8-12/h2-10H,1H3,(H,19,21). The molecule has 1 N–H and O–H groups in total. The van der Waals surface area contributed by atoms with Crippen molar-refractivity contribution in [2.45, 2.75) is 13.0 Å². The summed E-state index contributed by atoms with van der Waals surface area (Å²) in [4.78, 5) is 22.6. The third-order valence-electron chi connectivity index (χ3n) is 2.89. The average molecular weight is 322 g/mol. The Kier molecular flexibility index (Phi) is 5.12. The van der Waals surface area contributed by atoms with E-state index in [1.807, 2.05) is 0 Å². The van der Waals surface area contributed by atoms with Gasteiger partial charge in [0.25, 0.3) is 5.91 Å². The monoisotopic (exact) mass is 321 g/mol. The van der Waals surface area contributed by atoms with Crippen molar-refractivity contribution >= 4 is 29.5 Å². The Balaban J connectivity index is 1.98. The van der Waals surface area contributed by atoms with E-state index in [9.17, 15) is 14.0 Å². The molecule has 0 saturated heterocycles. The van der Waals surface area contributed by atoms with Crippen molar-refractivity contribution in [3.05, 3.63) is 58.9 Å². The molecular formula is C16H13ClFNO3. The molecule has 1 unspecified atom stereocenters. The van der Waals surface area contributed by atoms with E-state index in [4.69, 9.17) is 16.3 Å². The largest absolute Gasteiger partial charge is 0.481 e. The van der Waals surface area contributed by atoms with Gasteiger partial charge in [0, 0.05) is 11.3 Å². The van der Waals surface area contributed by atoms with Crippen LogP contribution in [0.3, 0.4) is 0 Å². The second-order valence-corrected chi connectivity index (χ2v) is 4.97. The van der Waals surface area contributed by atoms with Gasteiger partial charge >= 0.3 is 0 Å². The molecule has 2 rings (SSSR count). The van der Waals surface area contributed by atoms with Gasteiger partial charge in [-0.25, -0.2) is 4.39 Å². The van der Waals surface area contributed by atoms with Crippen molar-refractivity contribution < 1.29 is 18.7 Å². The van der Waals surface area contributed by atoms with E-state index in [0.29, 0.717) is 17.0 Å². The summed E-state index contributed by atoms with van der Waals surface area (Å²) < 4.78 is 18.5. The first kappa shape index (κ1) is 16.0. The van der Waals surface area contributed by atoms with E-state index >= 15 is 0 Å². The molecule has 0 aliphatic carbocycles. The topological polar surface area (TPSA) is 55.4 Å². The van der Waals surface area contributed by atoms with Crippen LogP contribution in [0.5, 0.6) is 5.75 Å². The molecule has 0 spiro atoms. The number of nitrogens with one attached hydrogen (secondary N) is 1. The van der Waals surface area contributed by atoms with Gasteiger partial charge < -0.3 is 10.1 Å². The number of rotatable bonds is 5. The highest BCUT2D eigenvalue weighted by molar-refractivity contribution is 6.31. The summed E-state index contributed by atoms with van der Waals surface area (Å²) in [6, 6.07) is 10.3. The first-order valence-corrected chi connectivity index (χ1v) is 6.85. The molecule has 114 valence electrons. The highest BCUT2D eigenvalue weighted by Gasteiger charge is 2.15. The van der Waals surface area contributed by atoms with Gasteiger partial charge in [0.15, 0.2) is 6.10 Å². The van der Waals surface area contributed by atoms with Crippen molar-refractivity contribution in [2.75, 3.05) is 5.32 Å². The highest BCUT2D eigenvalue weighted by atomic mass is 35.5. The maximum atomic E-state index is 13.0. The summed E-state index contributed by atoms with van der Waals surface area (Å²) in [5.74, 6) is -0.494. The van der Waals surface area contributed by atoms with Crippen LogP contribution in [-0.2, 0) is 4.79 Å². The predicted octanol–water partition coefficient (Wildman–Crippen LogP) is 3.70. The third-order valence-corrected chi connectivity index (χ3v) is 3.18. The van der Waals surface area contributed by atoms with Gasteiger partial charge in [0.1, 0.15) is 17.9 Å². The first-order chi connectivity index (χ1) is 10.5. The van der Waals surface area contributed by atoms with Gasteiger partial charge in [-0.15, -0.1) is 0 Å². The van der Waals surface area contributed by atoms with Crippen molar-refractivity contribution in [2.24, 2.45) is 0 Å². The van der Waals surface area contributed by atoms with Crippen LogP contribution >= 0.6 is 11.6 Å². The molecular weight excluding hydrogens is 309 g/mol. The Bertz CT molecular complexity index is 688. The summed E-state index contributed by atoms with van der Waals surface area (Å²) in [5.41, 5.74) is 0.897. The van der Waals surface area contributed by atoms with Gasteiger partial charge in [-0.05, 0) is 49.4 Å². The van der Waals surface area contributed by atoms with Gasteiger partial charge in [-0.1, -0.05) is 11.6 Å². The molecule has 0 aromatic heterocycles. The Morgan fingerprint density at radius 2 is 1.95 bits per heavy atom. The quantitative estimate of drug-likeness (QED) is 0.854. The fourth-order valence-electron chi connectivity index (χ4n) is 1.70. The lowest BCUT2D eigenvalue weighted by Gasteiger charge is -2.15. The van der Waals surface area contributed by atoms with Gasteiger partial charge in [-0.2, -0.15) is 0 Å².